The van der Waals surface area contributed by atoms with Crippen molar-refractivity contribution in [3.63, 3.8) is 0 Å². The molecule has 0 amide bonds. The van der Waals surface area contributed by atoms with Gasteiger partial charge in [0.1, 0.15) is 0 Å². The van der Waals surface area contributed by atoms with Crippen LogP contribution >= 0.6 is 0 Å². The lowest BCUT2D eigenvalue weighted by molar-refractivity contribution is -0.140. The van der Waals surface area contributed by atoms with Crippen LogP contribution in [-0.2, 0) is 9.53 Å². The number of aliphatic hydroxyl groups is 1. The largest absolute Gasteiger partial charge is 0.462 e. The molecule has 0 aromatic carbocycles. The maximum atomic E-state index is 10.9. The molecule has 0 spiro atoms. The molecule has 0 saturated carbocycles. The molecule has 12 heavy (non-hydrogen) atoms. The molecule has 0 saturated heterocycles. The Morgan fingerprint density at radius 2 is 2.25 bits per heavy atom. The number of carbonyl (C=O) groups is 1. The van der Waals surface area contributed by atoms with Gasteiger partial charge in [0.15, 0.2) is 0 Å². The normalized spacial score (nSPS) is 12.2. The zero-order chi connectivity index (χ0) is 9.56. The van der Waals surface area contributed by atoms with Crippen molar-refractivity contribution in [2.24, 2.45) is 5.92 Å². The highest BCUT2D eigenvalue weighted by Gasteiger charge is 2.08. The fourth-order valence-corrected chi connectivity index (χ4v) is 0.502. The topological polar surface area (TPSA) is 46.5 Å². The zero-order valence-electron chi connectivity index (χ0n) is 7.67. The smallest absolute Gasteiger partial charge is 0.335 e. The molecule has 0 fully saturated rings. The van der Waals surface area contributed by atoms with Gasteiger partial charge >= 0.3 is 5.97 Å². The monoisotopic (exact) mass is 172 g/mol. The maximum Gasteiger partial charge on any atom is 0.335 e. The molecule has 0 aliphatic carbocycles. The van der Waals surface area contributed by atoms with Crippen LogP contribution in [0.1, 0.15) is 20.3 Å². The van der Waals surface area contributed by atoms with Crippen molar-refractivity contribution in [1.82, 2.24) is 0 Å². The second-order valence-electron chi connectivity index (χ2n) is 2.87. The average molecular weight is 172 g/mol. The van der Waals surface area contributed by atoms with E-state index in [2.05, 4.69) is 6.58 Å². The molecule has 0 aromatic rings. The molecular formula is C9H16O3. The van der Waals surface area contributed by atoms with E-state index in [9.17, 15) is 4.79 Å². The second-order valence-corrected chi connectivity index (χ2v) is 2.87. The van der Waals surface area contributed by atoms with Gasteiger partial charge in [-0.05, 0) is 5.92 Å². The van der Waals surface area contributed by atoms with Crippen LogP contribution in [0, 0.1) is 5.92 Å². The van der Waals surface area contributed by atoms with Gasteiger partial charge in [-0.2, -0.15) is 0 Å². The number of hydrogen-bond donors (Lipinski definition) is 1. The van der Waals surface area contributed by atoms with Crippen molar-refractivity contribution in [3.8, 4) is 0 Å². The summed E-state index contributed by atoms with van der Waals surface area (Å²) in [6.45, 7) is 7.44. The molecule has 0 aliphatic heterocycles. The molecule has 0 heterocycles. The fourth-order valence-electron chi connectivity index (χ4n) is 0.502. The quantitative estimate of drug-likeness (QED) is 0.499. The Hall–Kier alpha value is -0.830. The first-order valence-corrected chi connectivity index (χ1v) is 4.07. The van der Waals surface area contributed by atoms with Crippen LogP contribution in [0.5, 0.6) is 0 Å². The Balaban J connectivity index is 3.64. The van der Waals surface area contributed by atoms with Gasteiger partial charge in [0.2, 0.25) is 0 Å². The predicted octanol–water partition coefficient (Wildman–Crippen LogP) is 1.12. The van der Waals surface area contributed by atoms with Gasteiger partial charge in [-0.3, -0.25) is 0 Å². The lowest BCUT2D eigenvalue weighted by atomic mass is 10.1. The Morgan fingerprint density at radius 3 is 2.67 bits per heavy atom. The van der Waals surface area contributed by atoms with Gasteiger partial charge in [-0.1, -0.05) is 26.8 Å². The molecule has 1 N–H and O–H groups in total. The van der Waals surface area contributed by atoms with E-state index in [4.69, 9.17) is 9.84 Å². The minimum atomic E-state index is -0.502. The van der Waals surface area contributed by atoms with Crippen LogP contribution in [0.15, 0.2) is 12.2 Å². The number of ether oxygens (including phenoxy) is 1. The van der Waals surface area contributed by atoms with E-state index in [0.717, 1.165) is 6.42 Å². The third-order valence-electron chi connectivity index (χ3n) is 1.68. The van der Waals surface area contributed by atoms with Gasteiger partial charge < -0.3 is 9.84 Å². The highest BCUT2D eigenvalue weighted by molar-refractivity contribution is 5.87. The van der Waals surface area contributed by atoms with Gasteiger partial charge in [-0.25, -0.2) is 4.79 Å². The summed E-state index contributed by atoms with van der Waals surface area (Å²) >= 11 is 0. The van der Waals surface area contributed by atoms with E-state index >= 15 is 0 Å². The minimum Gasteiger partial charge on any atom is -0.462 e. The number of aliphatic hydroxyl groups excluding tert-OH is 1. The molecule has 70 valence electrons. The number of rotatable bonds is 5. The van der Waals surface area contributed by atoms with E-state index in [1.807, 2.05) is 13.8 Å². The number of esters is 1. The molecule has 1 atom stereocenters. The molecule has 0 aliphatic rings. The standard InChI is InChI=1S/C9H16O3/c1-4-7(2)6-12-9(11)8(3)5-10/h7,10H,3-6H2,1-2H3. The molecule has 0 bridgehead atoms. The summed E-state index contributed by atoms with van der Waals surface area (Å²) in [7, 11) is 0. The van der Waals surface area contributed by atoms with Gasteiger partial charge in [-0.15, -0.1) is 0 Å². The van der Waals surface area contributed by atoms with Crippen LogP contribution in [0.2, 0.25) is 0 Å². The highest BCUT2D eigenvalue weighted by Crippen LogP contribution is 2.02. The Labute approximate surface area is 73.0 Å². The third-order valence-corrected chi connectivity index (χ3v) is 1.68. The van der Waals surface area contributed by atoms with E-state index < -0.39 is 5.97 Å². The van der Waals surface area contributed by atoms with E-state index in [0.29, 0.717) is 12.5 Å². The highest BCUT2D eigenvalue weighted by atomic mass is 16.5. The molecule has 0 radical (unpaired) electrons. The molecule has 3 heteroatoms. The number of hydrogen-bond acceptors (Lipinski definition) is 3. The van der Waals surface area contributed by atoms with Gasteiger partial charge in [0, 0.05) is 0 Å². The summed E-state index contributed by atoms with van der Waals surface area (Å²) in [4.78, 5) is 10.9. The summed E-state index contributed by atoms with van der Waals surface area (Å²) < 4.78 is 4.85. The van der Waals surface area contributed by atoms with Crippen LogP contribution < -0.4 is 0 Å². The van der Waals surface area contributed by atoms with Crippen LogP contribution in [-0.4, -0.2) is 24.3 Å². The third kappa shape index (κ3) is 4.13. The Bertz CT molecular complexity index is 163. The van der Waals surface area contributed by atoms with Crippen LogP contribution in [0.3, 0.4) is 0 Å². The summed E-state index contributed by atoms with van der Waals surface area (Å²) in [5.41, 5.74) is 0.110. The molecular weight excluding hydrogens is 156 g/mol. The molecule has 1 unspecified atom stereocenters. The van der Waals surface area contributed by atoms with Crippen molar-refractivity contribution in [2.75, 3.05) is 13.2 Å². The fraction of sp³-hybridized carbons (Fsp3) is 0.667. The lowest BCUT2D eigenvalue weighted by Gasteiger charge is -2.09. The van der Waals surface area contributed by atoms with Crippen molar-refractivity contribution in [2.45, 2.75) is 20.3 Å². The molecule has 0 aromatic heterocycles. The Morgan fingerprint density at radius 1 is 1.67 bits per heavy atom. The molecule has 0 rings (SSSR count). The summed E-state index contributed by atoms with van der Waals surface area (Å²) in [5, 5.41) is 8.53. The first kappa shape index (κ1) is 11.2. The maximum absolute atomic E-state index is 10.9. The lowest BCUT2D eigenvalue weighted by Crippen LogP contribution is -2.14. The van der Waals surface area contributed by atoms with Crippen molar-refractivity contribution >= 4 is 5.97 Å². The second kappa shape index (κ2) is 5.77. The van der Waals surface area contributed by atoms with Crippen molar-refractivity contribution < 1.29 is 14.6 Å². The van der Waals surface area contributed by atoms with Crippen LogP contribution in [0.25, 0.3) is 0 Å². The van der Waals surface area contributed by atoms with E-state index in [1.165, 1.54) is 0 Å². The summed E-state index contributed by atoms with van der Waals surface area (Å²) in [6.07, 6.45) is 0.971. The predicted molar refractivity (Wildman–Crippen MR) is 46.6 cm³/mol. The average Bonchev–Trinajstić information content (AvgIpc) is 2.11. The summed E-state index contributed by atoms with van der Waals surface area (Å²) in [6, 6.07) is 0. The SMILES string of the molecule is C=C(CO)C(=O)OCC(C)CC. The minimum absolute atomic E-state index is 0.110. The van der Waals surface area contributed by atoms with Crippen LogP contribution in [0.4, 0.5) is 0 Å². The first-order valence-electron chi connectivity index (χ1n) is 4.07. The molecule has 3 nitrogen and oxygen atoms in total. The number of carbonyl (C=O) groups excluding carboxylic acids is 1. The summed E-state index contributed by atoms with van der Waals surface area (Å²) in [5.74, 6) is -0.141. The van der Waals surface area contributed by atoms with Gasteiger partial charge in [0.25, 0.3) is 0 Å². The van der Waals surface area contributed by atoms with Crippen molar-refractivity contribution in [3.05, 3.63) is 12.2 Å². The zero-order valence-corrected chi connectivity index (χ0v) is 7.67. The first-order chi connectivity index (χ1) is 5.61. The van der Waals surface area contributed by atoms with Crippen molar-refractivity contribution in [1.29, 1.82) is 0 Å². The van der Waals surface area contributed by atoms with Gasteiger partial charge in [0.05, 0.1) is 18.8 Å². The van der Waals surface area contributed by atoms with E-state index in [-0.39, 0.29) is 12.2 Å². The Kier molecular flexibility index (Phi) is 5.37. The van der Waals surface area contributed by atoms with E-state index in [1.54, 1.807) is 0 Å².